The summed E-state index contributed by atoms with van der Waals surface area (Å²) in [4.78, 5) is 3.73. The van der Waals surface area contributed by atoms with Gasteiger partial charge in [-0.15, -0.1) is 0 Å². The second-order valence-corrected chi connectivity index (χ2v) is 4.88. The number of terminal acetylenes is 1. The molecule has 0 nitrogen and oxygen atoms in total. The molecular formula is C8H12Se. The molecule has 0 aromatic carbocycles. The molecule has 0 saturated heterocycles. The van der Waals surface area contributed by atoms with Gasteiger partial charge in [0, 0.05) is 0 Å². The van der Waals surface area contributed by atoms with E-state index in [2.05, 4.69) is 4.82 Å². The molecule has 0 radical (unpaired) electrons. The van der Waals surface area contributed by atoms with E-state index in [0.717, 1.165) is 4.82 Å². The first-order valence-electron chi connectivity index (χ1n) is 3.54. The summed E-state index contributed by atoms with van der Waals surface area (Å²) in [6, 6.07) is 0. The zero-order valence-corrected chi connectivity index (χ0v) is 7.31. The molecule has 1 aliphatic rings. The molecule has 1 rings (SSSR count). The molecular weight excluding hydrogens is 175 g/mol. The second kappa shape index (κ2) is 3.99. The van der Waals surface area contributed by atoms with E-state index >= 15 is 0 Å². The molecule has 0 amide bonds. The Kier molecular flexibility index (Phi) is 3.18. The molecule has 0 aliphatic heterocycles. The van der Waals surface area contributed by atoms with Crippen LogP contribution in [0.15, 0.2) is 0 Å². The van der Waals surface area contributed by atoms with E-state index in [4.69, 9.17) is 6.42 Å². The van der Waals surface area contributed by atoms with Gasteiger partial charge in [0.25, 0.3) is 0 Å². The first-order valence-corrected chi connectivity index (χ1v) is 5.39. The van der Waals surface area contributed by atoms with Gasteiger partial charge in [-0.05, 0) is 0 Å². The van der Waals surface area contributed by atoms with Gasteiger partial charge in [0.2, 0.25) is 0 Å². The summed E-state index contributed by atoms with van der Waals surface area (Å²) in [5, 5.41) is 0. The van der Waals surface area contributed by atoms with Crippen LogP contribution in [-0.4, -0.2) is 15.0 Å². The molecule has 9 heavy (non-hydrogen) atoms. The zero-order chi connectivity index (χ0) is 6.53. The fourth-order valence-corrected chi connectivity index (χ4v) is 2.88. The third kappa shape index (κ3) is 2.43. The summed E-state index contributed by atoms with van der Waals surface area (Å²) in [5.74, 6) is 0. The third-order valence-electron chi connectivity index (χ3n) is 1.79. The van der Waals surface area contributed by atoms with Crippen LogP contribution in [0.3, 0.4) is 0 Å². The predicted molar refractivity (Wildman–Crippen MR) is 41.4 cm³/mol. The van der Waals surface area contributed by atoms with Crippen molar-refractivity contribution >= 4 is 15.0 Å². The molecule has 0 unspecified atom stereocenters. The van der Waals surface area contributed by atoms with Crippen molar-refractivity contribution in [2.45, 2.75) is 36.9 Å². The molecule has 1 aliphatic carbocycles. The van der Waals surface area contributed by atoms with Gasteiger partial charge in [-0.25, -0.2) is 0 Å². The topological polar surface area (TPSA) is 0 Å². The van der Waals surface area contributed by atoms with Crippen molar-refractivity contribution in [2.24, 2.45) is 0 Å². The fourth-order valence-electron chi connectivity index (χ4n) is 1.28. The van der Waals surface area contributed by atoms with E-state index in [1.807, 2.05) is 0 Å². The van der Waals surface area contributed by atoms with Crippen molar-refractivity contribution in [3.63, 3.8) is 0 Å². The average Bonchev–Trinajstić information content (AvgIpc) is 1.91. The summed E-state index contributed by atoms with van der Waals surface area (Å²) in [6.07, 6.45) is 12.3. The SMILES string of the molecule is C#C[Se]C1CCCCC1. The normalized spacial score (nSPS) is 21.2. The van der Waals surface area contributed by atoms with Gasteiger partial charge < -0.3 is 0 Å². The van der Waals surface area contributed by atoms with Crippen LogP contribution in [0, 0.1) is 11.2 Å². The van der Waals surface area contributed by atoms with Gasteiger partial charge >= 0.3 is 63.1 Å². The zero-order valence-electron chi connectivity index (χ0n) is 5.60. The Labute approximate surface area is 63.6 Å². The van der Waals surface area contributed by atoms with Crippen LogP contribution in [0.5, 0.6) is 0 Å². The predicted octanol–water partition coefficient (Wildman–Crippen LogP) is 2.03. The van der Waals surface area contributed by atoms with E-state index in [9.17, 15) is 0 Å². The van der Waals surface area contributed by atoms with Crippen LogP contribution >= 0.6 is 0 Å². The van der Waals surface area contributed by atoms with Gasteiger partial charge in [0.1, 0.15) is 0 Å². The maximum absolute atomic E-state index is 5.24. The molecule has 0 spiro atoms. The third-order valence-corrected chi connectivity index (χ3v) is 3.76. The molecule has 0 N–H and O–H groups in total. The van der Waals surface area contributed by atoms with Crippen LogP contribution in [0.25, 0.3) is 0 Å². The fraction of sp³-hybridized carbons (Fsp3) is 0.750. The molecule has 50 valence electrons. The van der Waals surface area contributed by atoms with Gasteiger partial charge in [0.05, 0.1) is 0 Å². The monoisotopic (exact) mass is 188 g/mol. The summed E-state index contributed by atoms with van der Waals surface area (Å²) in [6.45, 7) is 0. The molecule has 0 atom stereocenters. The van der Waals surface area contributed by atoms with Crippen LogP contribution in [0.4, 0.5) is 0 Å². The Balaban J connectivity index is 2.17. The Hall–Kier alpha value is 0.0795. The minimum atomic E-state index is 0.514. The Morgan fingerprint density at radius 2 is 1.89 bits per heavy atom. The van der Waals surface area contributed by atoms with Crippen molar-refractivity contribution in [3.05, 3.63) is 0 Å². The number of rotatable bonds is 1. The standard InChI is InChI=1S/C8H12Se/c1-2-9-8-6-4-3-5-7-8/h1,8H,3-7H2. The van der Waals surface area contributed by atoms with Crippen molar-refractivity contribution < 1.29 is 0 Å². The molecule has 1 heteroatoms. The Morgan fingerprint density at radius 1 is 1.22 bits per heavy atom. The summed E-state index contributed by atoms with van der Waals surface area (Å²) in [7, 11) is 0. The van der Waals surface area contributed by atoms with Gasteiger partial charge in [-0.3, -0.25) is 0 Å². The van der Waals surface area contributed by atoms with E-state index < -0.39 is 0 Å². The number of hydrogen-bond acceptors (Lipinski definition) is 0. The minimum absolute atomic E-state index is 0.514. The Morgan fingerprint density at radius 3 is 2.44 bits per heavy atom. The molecule has 0 bridgehead atoms. The van der Waals surface area contributed by atoms with Crippen LogP contribution < -0.4 is 0 Å². The van der Waals surface area contributed by atoms with Gasteiger partial charge in [-0.2, -0.15) is 0 Å². The van der Waals surface area contributed by atoms with Gasteiger partial charge in [0.15, 0.2) is 0 Å². The van der Waals surface area contributed by atoms with Crippen molar-refractivity contribution in [3.8, 4) is 11.2 Å². The average molecular weight is 187 g/mol. The summed E-state index contributed by atoms with van der Waals surface area (Å²) >= 11 is 0.514. The quantitative estimate of drug-likeness (QED) is 0.435. The van der Waals surface area contributed by atoms with E-state index in [0.29, 0.717) is 15.0 Å². The maximum atomic E-state index is 5.24. The van der Waals surface area contributed by atoms with Crippen LogP contribution in [0.1, 0.15) is 32.1 Å². The Bertz CT molecular complexity index is 106. The molecule has 1 saturated carbocycles. The molecule has 0 aromatic rings. The molecule has 0 heterocycles. The van der Waals surface area contributed by atoms with Crippen molar-refractivity contribution in [1.82, 2.24) is 0 Å². The van der Waals surface area contributed by atoms with Crippen LogP contribution in [0.2, 0.25) is 4.82 Å². The second-order valence-electron chi connectivity index (χ2n) is 2.50. The van der Waals surface area contributed by atoms with E-state index in [-0.39, 0.29) is 0 Å². The summed E-state index contributed by atoms with van der Waals surface area (Å²) < 4.78 is 0. The van der Waals surface area contributed by atoms with Crippen molar-refractivity contribution in [1.29, 1.82) is 0 Å². The first kappa shape index (κ1) is 7.19. The summed E-state index contributed by atoms with van der Waals surface area (Å²) in [5.41, 5.74) is 0. The van der Waals surface area contributed by atoms with Crippen LogP contribution in [-0.2, 0) is 0 Å². The van der Waals surface area contributed by atoms with Gasteiger partial charge in [-0.1, -0.05) is 0 Å². The molecule has 0 aromatic heterocycles. The van der Waals surface area contributed by atoms with E-state index in [1.165, 1.54) is 32.1 Å². The van der Waals surface area contributed by atoms with E-state index in [1.54, 1.807) is 0 Å². The first-order chi connectivity index (χ1) is 4.43. The molecule has 1 fully saturated rings. The number of hydrogen-bond donors (Lipinski definition) is 0. The van der Waals surface area contributed by atoms with Crippen molar-refractivity contribution in [2.75, 3.05) is 0 Å².